The monoisotopic (exact) mass is 345 g/mol. The molecule has 0 N–H and O–H groups in total. The Bertz CT molecular complexity index is 632. The minimum absolute atomic E-state index is 0.0285. The van der Waals surface area contributed by atoms with E-state index < -0.39 is 0 Å². The van der Waals surface area contributed by atoms with Gasteiger partial charge in [0.2, 0.25) is 0 Å². The summed E-state index contributed by atoms with van der Waals surface area (Å²) in [7, 11) is 0. The number of carbonyl (C=O) groups is 2. The second-order valence-corrected chi connectivity index (χ2v) is 6.85. The van der Waals surface area contributed by atoms with Gasteiger partial charge in [0.05, 0.1) is 24.7 Å². The molecule has 7 heteroatoms. The molecular formula is C18H23N3O4. The first-order valence-electron chi connectivity index (χ1n) is 9.02. The van der Waals surface area contributed by atoms with Gasteiger partial charge in [-0.25, -0.2) is 5.06 Å². The van der Waals surface area contributed by atoms with Crippen molar-refractivity contribution in [2.24, 2.45) is 5.92 Å². The van der Waals surface area contributed by atoms with Crippen LogP contribution in [-0.4, -0.2) is 65.2 Å². The average molecular weight is 345 g/mol. The van der Waals surface area contributed by atoms with Crippen LogP contribution in [0.5, 0.6) is 0 Å². The third-order valence-electron chi connectivity index (χ3n) is 5.25. The Morgan fingerprint density at radius 1 is 1.20 bits per heavy atom. The minimum atomic E-state index is -0.287. The summed E-state index contributed by atoms with van der Waals surface area (Å²) in [6, 6.07) is 5.33. The molecule has 0 unspecified atom stereocenters. The molecule has 4 rings (SSSR count). The van der Waals surface area contributed by atoms with E-state index in [0.29, 0.717) is 38.4 Å². The number of hydroxylamine groups is 2. The molecule has 0 bridgehead atoms. The number of hydrogen-bond donors (Lipinski definition) is 0. The molecule has 0 saturated carbocycles. The van der Waals surface area contributed by atoms with Gasteiger partial charge in [-0.05, 0) is 37.8 Å². The van der Waals surface area contributed by atoms with Crippen LogP contribution in [0.2, 0.25) is 0 Å². The third kappa shape index (κ3) is 3.26. The normalized spacial score (nSPS) is 29.4. The van der Waals surface area contributed by atoms with E-state index in [0.717, 1.165) is 19.3 Å². The fraction of sp³-hybridized carbons (Fsp3) is 0.611. The number of carbonyl (C=O) groups excluding carboxylic acids is 2. The number of piperidine rings is 1. The number of rotatable bonds is 2. The van der Waals surface area contributed by atoms with E-state index in [-0.39, 0.29) is 29.9 Å². The van der Waals surface area contributed by atoms with Crippen molar-refractivity contribution in [1.29, 1.82) is 0 Å². The van der Waals surface area contributed by atoms with E-state index in [1.54, 1.807) is 29.3 Å². The van der Waals surface area contributed by atoms with Crippen molar-refractivity contribution in [3.05, 3.63) is 30.1 Å². The molecular weight excluding hydrogens is 322 g/mol. The van der Waals surface area contributed by atoms with Gasteiger partial charge in [-0.15, -0.1) is 0 Å². The summed E-state index contributed by atoms with van der Waals surface area (Å²) in [6.45, 7) is 2.23. The largest absolute Gasteiger partial charge is 0.376 e. The zero-order valence-corrected chi connectivity index (χ0v) is 14.2. The second-order valence-electron chi connectivity index (χ2n) is 6.85. The maximum atomic E-state index is 12.9. The second kappa shape index (κ2) is 7.09. The molecule has 0 aliphatic carbocycles. The number of fused-ring (bicyclic) bond motifs is 1. The number of aromatic nitrogens is 1. The summed E-state index contributed by atoms with van der Waals surface area (Å²) in [4.78, 5) is 37.3. The van der Waals surface area contributed by atoms with Crippen molar-refractivity contribution in [2.45, 2.75) is 37.8 Å². The van der Waals surface area contributed by atoms with E-state index in [2.05, 4.69) is 4.98 Å². The van der Waals surface area contributed by atoms with E-state index in [1.807, 2.05) is 0 Å². The predicted octanol–water partition coefficient (Wildman–Crippen LogP) is 1.26. The molecule has 25 heavy (non-hydrogen) atoms. The van der Waals surface area contributed by atoms with E-state index in [1.165, 1.54) is 5.06 Å². The quantitative estimate of drug-likeness (QED) is 0.807. The summed E-state index contributed by atoms with van der Waals surface area (Å²) >= 11 is 0. The lowest BCUT2D eigenvalue weighted by Crippen LogP contribution is -2.55. The fourth-order valence-corrected chi connectivity index (χ4v) is 3.97. The van der Waals surface area contributed by atoms with Crippen molar-refractivity contribution in [1.82, 2.24) is 14.9 Å². The maximum absolute atomic E-state index is 12.9. The van der Waals surface area contributed by atoms with Crippen LogP contribution < -0.4 is 0 Å². The van der Waals surface area contributed by atoms with Crippen LogP contribution >= 0.6 is 0 Å². The molecule has 1 aromatic rings. The highest BCUT2D eigenvalue weighted by Gasteiger charge is 2.45. The van der Waals surface area contributed by atoms with Gasteiger partial charge >= 0.3 is 0 Å². The zero-order valence-electron chi connectivity index (χ0n) is 14.2. The van der Waals surface area contributed by atoms with Crippen LogP contribution in [-0.2, 0) is 14.4 Å². The molecule has 4 heterocycles. The summed E-state index contributed by atoms with van der Waals surface area (Å²) < 4.78 is 5.82. The van der Waals surface area contributed by atoms with E-state index in [4.69, 9.17) is 9.57 Å². The summed E-state index contributed by atoms with van der Waals surface area (Å²) in [6.07, 6.45) is 4.92. The first-order valence-corrected chi connectivity index (χ1v) is 9.02. The van der Waals surface area contributed by atoms with Gasteiger partial charge in [0.15, 0.2) is 0 Å². The molecule has 7 nitrogen and oxygen atoms in total. The van der Waals surface area contributed by atoms with Crippen LogP contribution in [0.25, 0.3) is 0 Å². The van der Waals surface area contributed by atoms with Gasteiger partial charge in [-0.3, -0.25) is 19.4 Å². The lowest BCUT2D eigenvalue weighted by atomic mass is 9.89. The smallest absolute Gasteiger partial charge is 0.272 e. The van der Waals surface area contributed by atoms with Gasteiger partial charge in [-0.2, -0.15) is 0 Å². The molecule has 1 aromatic heterocycles. The molecule has 0 radical (unpaired) electrons. The molecule has 3 fully saturated rings. The zero-order chi connectivity index (χ0) is 17.2. The SMILES string of the molecule is O=C([C@@H]1C[C@@H]2OCC[C@@H]2N(C(=O)c2ccccn2)C1)N1CCCCO1. The standard InChI is InChI=1S/C18H23N3O4/c22-17(21-8-3-4-9-25-21)13-11-16-15(6-10-24-16)20(12-13)18(23)14-5-1-2-7-19-14/h1-2,5,7,13,15-16H,3-4,6,8-12H2/t13-,15+,16+/m1/s1. The van der Waals surface area contributed by atoms with Crippen LogP contribution in [0.4, 0.5) is 0 Å². The van der Waals surface area contributed by atoms with Crippen molar-refractivity contribution in [3.8, 4) is 0 Å². The number of nitrogens with zero attached hydrogens (tertiary/aromatic N) is 3. The Balaban J connectivity index is 1.53. The highest BCUT2D eigenvalue weighted by molar-refractivity contribution is 5.93. The number of pyridine rings is 1. The molecule has 0 aromatic carbocycles. The Hall–Kier alpha value is -1.99. The Labute approximate surface area is 146 Å². The van der Waals surface area contributed by atoms with Crippen LogP contribution in [0.3, 0.4) is 0 Å². The fourth-order valence-electron chi connectivity index (χ4n) is 3.97. The number of ether oxygens (including phenoxy) is 1. The minimum Gasteiger partial charge on any atom is -0.376 e. The third-order valence-corrected chi connectivity index (χ3v) is 5.25. The molecule has 3 aliphatic heterocycles. The summed E-state index contributed by atoms with van der Waals surface area (Å²) in [5.74, 6) is -0.448. The highest BCUT2D eigenvalue weighted by Crippen LogP contribution is 2.33. The van der Waals surface area contributed by atoms with Crippen LogP contribution in [0, 0.1) is 5.92 Å². The van der Waals surface area contributed by atoms with Crippen molar-refractivity contribution >= 4 is 11.8 Å². The number of hydrogen-bond acceptors (Lipinski definition) is 5. The van der Waals surface area contributed by atoms with E-state index in [9.17, 15) is 9.59 Å². The number of likely N-dealkylation sites (tertiary alicyclic amines) is 1. The topological polar surface area (TPSA) is 72.0 Å². The van der Waals surface area contributed by atoms with Crippen LogP contribution in [0.1, 0.15) is 36.2 Å². The Morgan fingerprint density at radius 3 is 2.88 bits per heavy atom. The molecule has 3 aliphatic rings. The van der Waals surface area contributed by atoms with Crippen LogP contribution in [0.15, 0.2) is 24.4 Å². The number of amides is 2. The molecule has 134 valence electrons. The van der Waals surface area contributed by atoms with Crippen molar-refractivity contribution in [2.75, 3.05) is 26.3 Å². The average Bonchev–Trinajstić information content (AvgIpc) is 3.16. The van der Waals surface area contributed by atoms with Gasteiger partial charge in [0, 0.05) is 25.9 Å². The lowest BCUT2D eigenvalue weighted by Gasteiger charge is -2.41. The Morgan fingerprint density at radius 2 is 2.12 bits per heavy atom. The summed E-state index contributed by atoms with van der Waals surface area (Å²) in [5, 5.41) is 1.48. The first-order chi connectivity index (χ1) is 12.2. The van der Waals surface area contributed by atoms with Crippen molar-refractivity contribution < 1.29 is 19.2 Å². The van der Waals surface area contributed by atoms with Gasteiger partial charge in [0.25, 0.3) is 11.8 Å². The van der Waals surface area contributed by atoms with E-state index >= 15 is 0 Å². The molecule has 3 atom stereocenters. The van der Waals surface area contributed by atoms with Crippen molar-refractivity contribution in [3.63, 3.8) is 0 Å². The van der Waals surface area contributed by atoms with Gasteiger partial charge in [0.1, 0.15) is 5.69 Å². The molecule has 0 spiro atoms. The van der Waals surface area contributed by atoms with Gasteiger partial charge in [-0.1, -0.05) is 6.07 Å². The highest BCUT2D eigenvalue weighted by atomic mass is 16.7. The maximum Gasteiger partial charge on any atom is 0.272 e. The first kappa shape index (κ1) is 16.5. The lowest BCUT2D eigenvalue weighted by molar-refractivity contribution is -0.203. The predicted molar refractivity (Wildman–Crippen MR) is 88.4 cm³/mol. The molecule has 3 saturated heterocycles. The molecule has 2 amide bonds. The Kier molecular flexibility index (Phi) is 4.67. The van der Waals surface area contributed by atoms with Gasteiger partial charge < -0.3 is 9.64 Å². The summed E-state index contributed by atoms with van der Waals surface area (Å²) in [5.41, 5.74) is 0.412.